The Bertz CT molecular complexity index is 721. The molecule has 0 saturated carbocycles. The number of nitrogens with one attached hydrogen (secondary N) is 1. The number of nitrogens with zero attached hydrogens (tertiary/aromatic N) is 2. The summed E-state index contributed by atoms with van der Waals surface area (Å²) in [6.07, 6.45) is -3.71. The third-order valence-corrected chi connectivity index (χ3v) is 3.79. The Morgan fingerprint density at radius 1 is 1.36 bits per heavy atom. The van der Waals surface area contributed by atoms with E-state index >= 15 is 0 Å². The summed E-state index contributed by atoms with van der Waals surface area (Å²) >= 11 is 0. The van der Waals surface area contributed by atoms with Gasteiger partial charge in [-0.15, -0.1) is 0 Å². The second-order valence-electron chi connectivity index (χ2n) is 5.24. The molecule has 2 aromatic rings. The van der Waals surface area contributed by atoms with E-state index in [-0.39, 0.29) is 24.6 Å². The lowest BCUT2D eigenvalue weighted by molar-refractivity contribution is -0.141. The minimum absolute atomic E-state index is 0.0625. The maximum atomic E-state index is 12.8. The zero-order chi connectivity index (χ0) is 15.9. The summed E-state index contributed by atoms with van der Waals surface area (Å²) in [5.41, 5.74) is 0.993. The van der Waals surface area contributed by atoms with Crippen molar-refractivity contribution in [2.45, 2.75) is 32.6 Å². The molecule has 116 valence electrons. The lowest BCUT2D eigenvalue weighted by Gasteiger charge is -2.16. The van der Waals surface area contributed by atoms with Crippen LogP contribution in [0.3, 0.4) is 0 Å². The highest BCUT2D eigenvalue weighted by Gasteiger charge is 2.41. The molecule has 0 radical (unpaired) electrons. The molecule has 4 nitrogen and oxygen atoms in total. The quantitative estimate of drug-likeness (QED) is 0.926. The van der Waals surface area contributed by atoms with E-state index in [1.165, 1.54) is 4.90 Å². The first-order valence-electron chi connectivity index (χ1n) is 6.91. The van der Waals surface area contributed by atoms with Crippen LogP contribution < -0.4 is 0 Å². The molecule has 1 N–H and O–H groups in total. The van der Waals surface area contributed by atoms with Gasteiger partial charge in [0.2, 0.25) is 0 Å². The fourth-order valence-corrected chi connectivity index (χ4v) is 2.62. The molecule has 7 heteroatoms. The highest BCUT2D eigenvalue weighted by Crippen LogP contribution is 2.35. The van der Waals surface area contributed by atoms with Crippen molar-refractivity contribution in [3.8, 4) is 0 Å². The normalized spacial score (nSPS) is 14.3. The van der Waals surface area contributed by atoms with Gasteiger partial charge >= 0.3 is 6.18 Å². The number of alkyl halides is 3. The summed E-state index contributed by atoms with van der Waals surface area (Å²) in [5.74, 6) is -0.270. The number of fused-ring (bicyclic) bond motifs is 1. The number of halogens is 3. The first-order chi connectivity index (χ1) is 10.4. The predicted molar refractivity (Wildman–Crippen MR) is 73.0 cm³/mol. The molecule has 0 unspecified atom stereocenters. The maximum absolute atomic E-state index is 12.8. The topological polar surface area (TPSA) is 49.0 Å². The Morgan fingerprint density at radius 3 is 2.82 bits per heavy atom. The van der Waals surface area contributed by atoms with Gasteiger partial charge in [-0.2, -0.15) is 18.3 Å². The number of benzene rings is 1. The lowest BCUT2D eigenvalue weighted by atomic mass is 10.1. The Labute approximate surface area is 124 Å². The summed E-state index contributed by atoms with van der Waals surface area (Å²) in [6, 6.07) is 7.15. The van der Waals surface area contributed by atoms with Crippen molar-refractivity contribution in [1.29, 1.82) is 0 Å². The number of H-pyrrole nitrogens is 1. The zero-order valence-electron chi connectivity index (χ0n) is 11.9. The number of aromatic amines is 1. The minimum Gasteiger partial charge on any atom is -0.328 e. The Balaban J connectivity index is 1.83. The molecule has 22 heavy (non-hydrogen) atoms. The van der Waals surface area contributed by atoms with Crippen molar-refractivity contribution in [3.05, 3.63) is 52.3 Å². The molecule has 1 aliphatic rings. The van der Waals surface area contributed by atoms with E-state index in [2.05, 4.69) is 10.2 Å². The van der Waals surface area contributed by atoms with Crippen molar-refractivity contribution in [1.82, 2.24) is 15.1 Å². The van der Waals surface area contributed by atoms with Gasteiger partial charge in [0.1, 0.15) is 0 Å². The van der Waals surface area contributed by atoms with E-state index in [1.807, 2.05) is 13.0 Å². The van der Waals surface area contributed by atoms with E-state index in [0.717, 1.165) is 12.0 Å². The van der Waals surface area contributed by atoms with Gasteiger partial charge in [-0.05, 0) is 24.1 Å². The first-order valence-corrected chi connectivity index (χ1v) is 6.91. The SMILES string of the molecule is CCc1cccc(C(=O)N2Cc3[nH]nc(C(F)(F)F)c3C2)c1. The number of aromatic nitrogens is 2. The maximum Gasteiger partial charge on any atom is 0.435 e. The molecule has 1 amide bonds. The molecular formula is C15H14F3N3O. The number of aryl methyl sites for hydroxylation is 1. The molecule has 0 aliphatic carbocycles. The zero-order valence-corrected chi connectivity index (χ0v) is 11.9. The Kier molecular flexibility index (Phi) is 3.42. The van der Waals surface area contributed by atoms with Gasteiger partial charge in [-0.3, -0.25) is 9.89 Å². The van der Waals surface area contributed by atoms with Crippen LogP contribution in [0.1, 0.15) is 39.8 Å². The van der Waals surface area contributed by atoms with Crippen LogP contribution in [-0.2, 0) is 25.7 Å². The minimum atomic E-state index is -4.51. The molecule has 0 fully saturated rings. The summed E-state index contributed by atoms with van der Waals surface area (Å²) in [5, 5.41) is 5.70. The molecule has 0 bridgehead atoms. The summed E-state index contributed by atoms with van der Waals surface area (Å²) in [4.78, 5) is 13.8. The van der Waals surface area contributed by atoms with E-state index in [1.54, 1.807) is 18.2 Å². The van der Waals surface area contributed by atoms with Crippen molar-refractivity contribution in [3.63, 3.8) is 0 Å². The van der Waals surface area contributed by atoms with Crippen LogP contribution in [0.5, 0.6) is 0 Å². The van der Waals surface area contributed by atoms with Crippen molar-refractivity contribution >= 4 is 5.91 Å². The molecule has 1 aliphatic heterocycles. The fourth-order valence-electron chi connectivity index (χ4n) is 2.62. The van der Waals surface area contributed by atoms with Gasteiger partial charge in [0.15, 0.2) is 5.69 Å². The van der Waals surface area contributed by atoms with Crippen LogP contribution in [-0.4, -0.2) is 21.0 Å². The molecule has 0 saturated heterocycles. The number of hydrogen-bond donors (Lipinski definition) is 1. The molecule has 3 rings (SSSR count). The fraction of sp³-hybridized carbons (Fsp3) is 0.333. The first kappa shape index (κ1) is 14.6. The smallest absolute Gasteiger partial charge is 0.328 e. The molecule has 1 aromatic heterocycles. The Hall–Kier alpha value is -2.31. The van der Waals surface area contributed by atoms with Crippen LogP contribution >= 0.6 is 0 Å². The van der Waals surface area contributed by atoms with E-state index in [9.17, 15) is 18.0 Å². The van der Waals surface area contributed by atoms with Crippen LogP contribution in [0.15, 0.2) is 24.3 Å². The molecule has 1 aromatic carbocycles. The van der Waals surface area contributed by atoms with Crippen LogP contribution in [0, 0.1) is 0 Å². The number of carbonyl (C=O) groups is 1. The van der Waals surface area contributed by atoms with Gasteiger partial charge in [0, 0.05) is 11.1 Å². The summed E-state index contributed by atoms with van der Waals surface area (Å²) in [6.45, 7) is 2.02. The van der Waals surface area contributed by atoms with Crippen LogP contribution in [0.4, 0.5) is 13.2 Å². The van der Waals surface area contributed by atoms with Gasteiger partial charge in [-0.25, -0.2) is 0 Å². The largest absolute Gasteiger partial charge is 0.435 e. The molecule has 0 atom stereocenters. The van der Waals surface area contributed by atoms with Gasteiger partial charge in [0.05, 0.1) is 18.8 Å². The number of hydrogen-bond acceptors (Lipinski definition) is 2. The van der Waals surface area contributed by atoms with E-state index in [0.29, 0.717) is 11.3 Å². The lowest BCUT2D eigenvalue weighted by Crippen LogP contribution is -2.26. The van der Waals surface area contributed by atoms with Crippen LogP contribution in [0.25, 0.3) is 0 Å². The van der Waals surface area contributed by atoms with Gasteiger partial charge in [0.25, 0.3) is 5.91 Å². The van der Waals surface area contributed by atoms with Crippen LogP contribution in [0.2, 0.25) is 0 Å². The summed E-state index contributed by atoms with van der Waals surface area (Å²) < 4.78 is 38.5. The molecular weight excluding hydrogens is 295 g/mol. The van der Waals surface area contributed by atoms with E-state index in [4.69, 9.17) is 0 Å². The second-order valence-corrected chi connectivity index (χ2v) is 5.24. The number of amides is 1. The monoisotopic (exact) mass is 309 g/mol. The average Bonchev–Trinajstić information content (AvgIpc) is 3.05. The van der Waals surface area contributed by atoms with Crippen molar-refractivity contribution in [2.75, 3.05) is 0 Å². The molecule has 2 heterocycles. The Morgan fingerprint density at radius 2 is 2.14 bits per heavy atom. The molecule has 0 spiro atoms. The standard InChI is InChI=1S/C15H14F3N3O/c1-2-9-4-3-5-10(6-9)14(22)21-7-11-12(8-21)19-20-13(11)15(16,17)18/h3-6H,2,7-8H2,1H3,(H,19,20). The highest BCUT2D eigenvalue weighted by atomic mass is 19.4. The van der Waals surface area contributed by atoms with Crippen molar-refractivity contribution in [2.24, 2.45) is 0 Å². The number of carbonyl (C=O) groups excluding carboxylic acids is 1. The third-order valence-electron chi connectivity index (χ3n) is 3.79. The summed E-state index contributed by atoms with van der Waals surface area (Å²) in [7, 11) is 0. The third kappa shape index (κ3) is 2.47. The second kappa shape index (κ2) is 5.15. The average molecular weight is 309 g/mol. The van der Waals surface area contributed by atoms with Gasteiger partial charge in [-0.1, -0.05) is 19.1 Å². The number of rotatable bonds is 2. The highest BCUT2D eigenvalue weighted by molar-refractivity contribution is 5.94. The van der Waals surface area contributed by atoms with E-state index < -0.39 is 11.9 Å². The predicted octanol–water partition coefficient (Wildman–Crippen LogP) is 3.15. The van der Waals surface area contributed by atoms with Crippen molar-refractivity contribution < 1.29 is 18.0 Å². The van der Waals surface area contributed by atoms with Gasteiger partial charge < -0.3 is 4.90 Å².